The lowest BCUT2D eigenvalue weighted by molar-refractivity contribution is -0.139. The van der Waals surface area contributed by atoms with Crippen LogP contribution in [0.15, 0.2) is 24.3 Å². The number of anilines is 1. The van der Waals surface area contributed by atoms with Gasteiger partial charge in [0.1, 0.15) is 0 Å². The van der Waals surface area contributed by atoms with Crippen molar-refractivity contribution in [1.82, 2.24) is 0 Å². The van der Waals surface area contributed by atoms with Gasteiger partial charge in [-0.15, -0.1) is 0 Å². The fourth-order valence-electron chi connectivity index (χ4n) is 1.91. The van der Waals surface area contributed by atoms with E-state index in [1.165, 1.54) is 4.90 Å². The molecular formula is C14H21N3O2. The third-order valence-electron chi connectivity index (χ3n) is 3.19. The van der Waals surface area contributed by atoms with E-state index < -0.39 is 11.9 Å². The number of rotatable bonds is 6. The van der Waals surface area contributed by atoms with Crippen LogP contribution in [0.5, 0.6) is 0 Å². The first-order valence-corrected chi connectivity index (χ1v) is 6.37. The van der Waals surface area contributed by atoms with E-state index in [-0.39, 0.29) is 5.96 Å². The molecule has 4 N–H and O–H groups in total. The van der Waals surface area contributed by atoms with Gasteiger partial charge in [0, 0.05) is 12.7 Å². The van der Waals surface area contributed by atoms with Gasteiger partial charge < -0.3 is 15.7 Å². The van der Waals surface area contributed by atoms with Crippen LogP contribution < -0.4 is 10.6 Å². The molecule has 0 fully saturated rings. The molecule has 0 saturated heterocycles. The zero-order valence-corrected chi connectivity index (χ0v) is 11.4. The number of benzene rings is 1. The lowest BCUT2D eigenvalue weighted by atomic mass is 9.93. The molecule has 0 saturated carbocycles. The standard InChI is InChI=1S/C14H21N3O2/c1-3-4-5-12(13(18)19)10-6-8-11(9-7-10)17(2)14(15)16/h6-9,12H,3-5H2,1-2H3,(H3,15,16)(H,18,19). The number of aliphatic carboxylic acids is 1. The number of carbonyl (C=O) groups is 1. The molecule has 0 heterocycles. The number of nitrogens with zero attached hydrogens (tertiary/aromatic N) is 1. The zero-order chi connectivity index (χ0) is 14.4. The summed E-state index contributed by atoms with van der Waals surface area (Å²) in [6.07, 6.45) is 2.52. The van der Waals surface area contributed by atoms with E-state index in [2.05, 4.69) is 0 Å². The molecule has 0 bridgehead atoms. The van der Waals surface area contributed by atoms with Crippen LogP contribution in [-0.4, -0.2) is 24.1 Å². The largest absolute Gasteiger partial charge is 0.481 e. The Labute approximate surface area is 113 Å². The van der Waals surface area contributed by atoms with Crippen LogP contribution in [0.4, 0.5) is 5.69 Å². The fraction of sp³-hybridized carbons (Fsp3) is 0.429. The zero-order valence-electron chi connectivity index (χ0n) is 11.4. The van der Waals surface area contributed by atoms with Gasteiger partial charge in [-0.25, -0.2) is 0 Å². The van der Waals surface area contributed by atoms with E-state index in [1.807, 2.05) is 6.92 Å². The van der Waals surface area contributed by atoms with Crippen molar-refractivity contribution in [2.45, 2.75) is 32.1 Å². The first-order valence-electron chi connectivity index (χ1n) is 6.37. The van der Waals surface area contributed by atoms with Crippen molar-refractivity contribution in [3.63, 3.8) is 0 Å². The monoisotopic (exact) mass is 263 g/mol. The molecule has 1 aromatic carbocycles. The number of hydrogen-bond donors (Lipinski definition) is 3. The average Bonchev–Trinajstić information content (AvgIpc) is 2.38. The third-order valence-corrected chi connectivity index (χ3v) is 3.19. The molecular weight excluding hydrogens is 242 g/mol. The minimum atomic E-state index is -0.791. The van der Waals surface area contributed by atoms with Crippen molar-refractivity contribution in [2.75, 3.05) is 11.9 Å². The highest BCUT2D eigenvalue weighted by atomic mass is 16.4. The smallest absolute Gasteiger partial charge is 0.310 e. The molecule has 5 heteroatoms. The Hall–Kier alpha value is -2.04. The maximum Gasteiger partial charge on any atom is 0.310 e. The van der Waals surface area contributed by atoms with Gasteiger partial charge >= 0.3 is 5.97 Å². The van der Waals surface area contributed by atoms with Crippen LogP contribution in [0.3, 0.4) is 0 Å². The van der Waals surface area contributed by atoms with Gasteiger partial charge in [-0.2, -0.15) is 0 Å². The summed E-state index contributed by atoms with van der Waals surface area (Å²) in [6.45, 7) is 2.05. The Morgan fingerprint density at radius 3 is 2.42 bits per heavy atom. The first-order chi connectivity index (χ1) is 8.97. The topological polar surface area (TPSA) is 90.4 Å². The molecule has 104 valence electrons. The van der Waals surface area contributed by atoms with Gasteiger partial charge in [-0.3, -0.25) is 10.2 Å². The summed E-state index contributed by atoms with van der Waals surface area (Å²) < 4.78 is 0. The number of nitrogens with two attached hydrogens (primary N) is 1. The number of carboxylic acids is 1. The summed E-state index contributed by atoms with van der Waals surface area (Å²) >= 11 is 0. The second-order valence-electron chi connectivity index (χ2n) is 4.57. The van der Waals surface area contributed by atoms with Crippen molar-refractivity contribution < 1.29 is 9.90 Å². The van der Waals surface area contributed by atoms with E-state index in [9.17, 15) is 9.90 Å². The van der Waals surface area contributed by atoms with Crippen molar-refractivity contribution in [3.8, 4) is 0 Å². The van der Waals surface area contributed by atoms with E-state index in [0.29, 0.717) is 6.42 Å². The molecule has 0 radical (unpaired) electrons. The number of guanidine groups is 1. The highest BCUT2D eigenvalue weighted by molar-refractivity contribution is 5.91. The first kappa shape index (κ1) is 15.0. The molecule has 0 aliphatic carbocycles. The lowest BCUT2D eigenvalue weighted by Gasteiger charge is -2.18. The molecule has 5 nitrogen and oxygen atoms in total. The van der Waals surface area contributed by atoms with E-state index in [0.717, 1.165) is 24.1 Å². The summed E-state index contributed by atoms with van der Waals surface area (Å²) in [7, 11) is 1.70. The van der Waals surface area contributed by atoms with Crippen LogP contribution >= 0.6 is 0 Å². The van der Waals surface area contributed by atoms with E-state index in [1.54, 1.807) is 31.3 Å². The minimum Gasteiger partial charge on any atom is -0.481 e. The fourth-order valence-corrected chi connectivity index (χ4v) is 1.91. The van der Waals surface area contributed by atoms with Gasteiger partial charge in [0.15, 0.2) is 5.96 Å². The quantitative estimate of drug-likeness (QED) is 0.543. The maximum absolute atomic E-state index is 11.3. The summed E-state index contributed by atoms with van der Waals surface area (Å²) in [5.74, 6) is -1.30. The number of unbranched alkanes of at least 4 members (excludes halogenated alkanes) is 1. The molecule has 0 aliphatic heterocycles. The Morgan fingerprint density at radius 2 is 2.00 bits per heavy atom. The average molecular weight is 263 g/mol. The highest BCUT2D eigenvalue weighted by Gasteiger charge is 2.19. The molecule has 1 atom stereocenters. The van der Waals surface area contributed by atoms with Crippen LogP contribution in [0.25, 0.3) is 0 Å². The second kappa shape index (κ2) is 6.78. The molecule has 0 spiro atoms. The van der Waals surface area contributed by atoms with Crippen LogP contribution in [-0.2, 0) is 4.79 Å². The Kier molecular flexibility index (Phi) is 5.36. The van der Waals surface area contributed by atoms with Crippen LogP contribution in [0.1, 0.15) is 37.7 Å². The molecule has 1 rings (SSSR count). The van der Waals surface area contributed by atoms with Gasteiger partial charge in [0.25, 0.3) is 0 Å². The number of nitrogens with one attached hydrogen (secondary N) is 1. The SMILES string of the molecule is CCCCC(C(=O)O)c1ccc(N(C)C(=N)N)cc1. The van der Waals surface area contributed by atoms with Gasteiger partial charge in [0.05, 0.1) is 5.92 Å². The normalized spacial score (nSPS) is 11.9. The van der Waals surface area contributed by atoms with Gasteiger partial charge in [0.2, 0.25) is 0 Å². The maximum atomic E-state index is 11.3. The minimum absolute atomic E-state index is 0.0477. The Balaban J connectivity index is 2.89. The molecule has 19 heavy (non-hydrogen) atoms. The number of carboxylic acid groups (broad SMARTS) is 1. The summed E-state index contributed by atoms with van der Waals surface area (Å²) in [6, 6.07) is 7.17. The number of hydrogen-bond acceptors (Lipinski definition) is 2. The molecule has 0 aromatic heterocycles. The van der Waals surface area contributed by atoms with E-state index >= 15 is 0 Å². The Bertz CT molecular complexity index is 443. The van der Waals surface area contributed by atoms with Gasteiger partial charge in [-0.05, 0) is 24.1 Å². The summed E-state index contributed by atoms with van der Waals surface area (Å²) in [5.41, 5.74) is 6.96. The predicted molar refractivity (Wildman–Crippen MR) is 76.7 cm³/mol. The van der Waals surface area contributed by atoms with Crippen molar-refractivity contribution in [1.29, 1.82) is 5.41 Å². The van der Waals surface area contributed by atoms with Crippen LogP contribution in [0, 0.1) is 5.41 Å². The van der Waals surface area contributed by atoms with Crippen molar-refractivity contribution in [3.05, 3.63) is 29.8 Å². The van der Waals surface area contributed by atoms with Gasteiger partial charge in [-0.1, -0.05) is 31.9 Å². The molecule has 0 amide bonds. The third kappa shape index (κ3) is 3.98. The summed E-state index contributed by atoms with van der Waals surface area (Å²) in [5, 5.41) is 16.6. The lowest BCUT2D eigenvalue weighted by Crippen LogP contribution is -2.32. The Morgan fingerprint density at radius 1 is 1.42 bits per heavy atom. The van der Waals surface area contributed by atoms with Crippen LogP contribution in [0.2, 0.25) is 0 Å². The van der Waals surface area contributed by atoms with Crippen molar-refractivity contribution >= 4 is 17.6 Å². The molecule has 1 unspecified atom stereocenters. The highest BCUT2D eigenvalue weighted by Crippen LogP contribution is 2.24. The van der Waals surface area contributed by atoms with E-state index in [4.69, 9.17) is 11.1 Å². The summed E-state index contributed by atoms with van der Waals surface area (Å²) in [4.78, 5) is 12.8. The second-order valence-corrected chi connectivity index (χ2v) is 4.57. The predicted octanol–water partition coefficient (Wildman–Crippen LogP) is 2.37. The molecule has 1 aromatic rings. The molecule has 0 aliphatic rings. The van der Waals surface area contributed by atoms with Crippen molar-refractivity contribution in [2.24, 2.45) is 5.73 Å².